The average Bonchev–Trinajstić information content (AvgIpc) is 3.33. The lowest BCUT2D eigenvalue weighted by Crippen LogP contribution is -2.39. The van der Waals surface area contributed by atoms with Gasteiger partial charge in [0.25, 0.3) is 0 Å². The third kappa shape index (κ3) is 7.04. The minimum atomic E-state index is -1.22. The molecule has 0 aliphatic rings. The highest BCUT2D eigenvalue weighted by Crippen LogP contribution is 2.25. The molecular weight excluding hydrogens is 447 g/mol. The van der Waals surface area contributed by atoms with Gasteiger partial charge in [-0.25, -0.2) is 19.2 Å². The number of hydrogen-bond donors (Lipinski definition) is 4. The Labute approximate surface area is 194 Å². The van der Waals surface area contributed by atoms with Crippen LogP contribution in [-0.4, -0.2) is 63.9 Å². The SMILES string of the molecule is COCCOc1cc(Nc2nc(NC(CNC(=O)O)Cn3cccn3)c(F)cc2C#N)ccn1. The summed E-state index contributed by atoms with van der Waals surface area (Å²) < 4.78 is 26.7. The van der Waals surface area contributed by atoms with Crippen LogP contribution in [0, 0.1) is 17.1 Å². The fourth-order valence-electron chi connectivity index (χ4n) is 2.90. The van der Waals surface area contributed by atoms with Crippen LogP contribution in [0.1, 0.15) is 5.56 Å². The van der Waals surface area contributed by atoms with Crippen molar-refractivity contribution in [2.24, 2.45) is 0 Å². The van der Waals surface area contributed by atoms with Crippen LogP contribution in [0.5, 0.6) is 5.88 Å². The van der Waals surface area contributed by atoms with Crippen LogP contribution in [-0.2, 0) is 11.3 Å². The van der Waals surface area contributed by atoms with E-state index in [0.29, 0.717) is 24.8 Å². The van der Waals surface area contributed by atoms with E-state index in [4.69, 9.17) is 14.6 Å². The second-order valence-electron chi connectivity index (χ2n) is 6.93. The molecule has 0 saturated heterocycles. The number of aromatic nitrogens is 4. The molecule has 1 unspecified atom stereocenters. The summed E-state index contributed by atoms with van der Waals surface area (Å²) in [4.78, 5) is 19.3. The number of halogens is 1. The molecule has 0 bridgehead atoms. The van der Waals surface area contributed by atoms with Gasteiger partial charge >= 0.3 is 6.09 Å². The van der Waals surface area contributed by atoms with Crippen molar-refractivity contribution in [1.82, 2.24) is 25.1 Å². The summed E-state index contributed by atoms with van der Waals surface area (Å²) >= 11 is 0. The van der Waals surface area contributed by atoms with E-state index in [1.807, 2.05) is 6.07 Å². The van der Waals surface area contributed by atoms with Crippen molar-refractivity contribution in [3.05, 3.63) is 54.2 Å². The summed E-state index contributed by atoms with van der Waals surface area (Å²) in [6.07, 6.45) is 3.56. The molecule has 0 aliphatic heterocycles. The number of carbonyl (C=O) groups is 1. The molecule has 3 heterocycles. The van der Waals surface area contributed by atoms with Gasteiger partial charge in [0, 0.05) is 44.0 Å². The van der Waals surface area contributed by atoms with Crippen LogP contribution in [0.2, 0.25) is 0 Å². The summed E-state index contributed by atoms with van der Waals surface area (Å²) in [6.45, 7) is 0.902. The number of ether oxygens (including phenoxy) is 2. The molecule has 3 rings (SSSR count). The van der Waals surface area contributed by atoms with Gasteiger partial charge in [0.05, 0.1) is 24.8 Å². The van der Waals surface area contributed by atoms with Crippen LogP contribution in [0.4, 0.5) is 26.5 Å². The topological polar surface area (TPSA) is 159 Å². The van der Waals surface area contributed by atoms with Crippen molar-refractivity contribution in [1.29, 1.82) is 5.26 Å². The molecule has 0 spiro atoms. The van der Waals surface area contributed by atoms with E-state index in [1.165, 1.54) is 6.20 Å². The van der Waals surface area contributed by atoms with E-state index >= 15 is 0 Å². The van der Waals surface area contributed by atoms with Crippen molar-refractivity contribution in [3.63, 3.8) is 0 Å². The lowest BCUT2D eigenvalue weighted by atomic mass is 10.2. The first-order chi connectivity index (χ1) is 16.5. The molecule has 12 nitrogen and oxygen atoms in total. The summed E-state index contributed by atoms with van der Waals surface area (Å²) in [6, 6.07) is 7.33. The highest BCUT2D eigenvalue weighted by Gasteiger charge is 2.18. The van der Waals surface area contributed by atoms with Crippen molar-refractivity contribution in [3.8, 4) is 11.9 Å². The van der Waals surface area contributed by atoms with Gasteiger partial charge in [-0.2, -0.15) is 10.4 Å². The average molecular weight is 470 g/mol. The largest absolute Gasteiger partial charge is 0.475 e. The molecule has 1 amide bonds. The Balaban J connectivity index is 1.81. The molecular formula is C21H23FN8O4. The quantitative estimate of drug-likeness (QED) is 0.289. The lowest BCUT2D eigenvalue weighted by Gasteiger charge is -2.20. The van der Waals surface area contributed by atoms with Crippen LogP contribution < -0.4 is 20.7 Å². The highest BCUT2D eigenvalue weighted by atomic mass is 19.1. The number of amides is 1. The molecule has 13 heteroatoms. The molecule has 3 aromatic heterocycles. The predicted molar refractivity (Wildman–Crippen MR) is 119 cm³/mol. The number of nitriles is 1. The Bertz CT molecular complexity index is 1140. The maximum absolute atomic E-state index is 14.7. The zero-order chi connectivity index (χ0) is 24.3. The first-order valence-corrected chi connectivity index (χ1v) is 10.1. The Kier molecular flexibility index (Phi) is 8.53. The standard InChI is InChI=1S/C21H23FN8O4/c1-33-7-8-34-18-10-15(3-5-24-18)27-19-14(11-23)9-17(22)20(29-19)28-16(12-25-21(31)32)13-30-6-2-4-26-30/h2-6,9-10,16,25H,7-8,12-13H2,1H3,(H,31,32)(H2,24,27,28,29). The number of nitrogens with one attached hydrogen (secondary N) is 3. The fourth-order valence-corrected chi connectivity index (χ4v) is 2.90. The van der Waals surface area contributed by atoms with Gasteiger partial charge < -0.3 is 30.5 Å². The summed E-state index contributed by atoms with van der Waals surface area (Å²) in [5.74, 6) is -0.484. The molecule has 0 aliphatic carbocycles. The zero-order valence-corrected chi connectivity index (χ0v) is 18.2. The zero-order valence-electron chi connectivity index (χ0n) is 18.2. The minimum Gasteiger partial charge on any atom is -0.475 e. The van der Waals surface area contributed by atoms with Crippen molar-refractivity contribution >= 4 is 23.4 Å². The van der Waals surface area contributed by atoms with Crippen LogP contribution in [0.15, 0.2) is 42.9 Å². The molecule has 0 radical (unpaired) electrons. The van der Waals surface area contributed by atoms with Crippen LogP contribution in [0.3, 0.4) is 0 Å². The molecule has 0 aromatic carbocycles. The number of hydrogen-bond acceptors (Lipinski definition) is 9. The predicted octanol–water partition coefficient (Wildman–Crippen LogP) is 2.20. The number of pyridine rings is 2. The fraction of sp³-hybridized carbons (Fsp3) is 0.286. The van der Waals surface area contributed by atoms with Gasteiger partial charge in [0.2, 0.25) is 5.88 Å². The van der Waals surface area contributed by atoms with E-state index in [1.54, 1.807) is 42.4 Å². The van der Waals surface area contributed by atoms with Crippen molar-refractivity contribution in [2.75, 3.05) is 37.5 Å². The maximum atomic E-state index is 14.7. The second-order valence-corrected chi connectivity index (χ2v) is 6.93. The minimum absolute atomic E-state index is 0.0194. The highest BCUT2D eigenvalue weighted by molar-refractivity contribution is 5.66. The van der Waals surface area contributed by atoms with E-state index in [2.05, 4.69) is 31.0 Å². The first-order valence-electron chi connectivity index (χ1n) is 10.1. The summed E-state index contributed by atoms with van der Waals surface area (Å²) in [5.41, 5.74) is 0.499. The van der Waals surface area contributed by atoms with Crippen LogP contribution >= 0.6 is 0 Å². The van der Waals surface area contributed by atoms with Gasteiger partial charge in [-0.15, -0.1) is 0 Å². The van der Waals surface area contributed by atoms with Crippen molar-refractivity contribution in [2.45, 2.75) is 12.6 Å². The summed E-state index contributed by atoms with van der Waals surface area (Å²) in [7, 11) is 1.56. The number of nitrogens with zero attached hydrogens (tertiary/aromatic N) is 5. The molecule has 34 heavy (non-hydrogen) atoms. The third-order valence-electron chi connectivity index (χ3n) is 4.44. The molecule has 0 saturated carbocycles. The van der Waals surface area contributed by atoms with Crippen molar-refractivity contribution < 1.29 is 23.8 Å². The van der Waals surface area contributed by atoms with Gasteiger partial charge in [0.1, 0.15) is 12.7 Å². The number of rotatable bonds is 12. The van der Waals surface area contributed by atoms with Gasteiger partial charge in [-0.3, -0.25) is 4.68 Å². The Morgan fingerprint density at radius 3 is 2.88 bits per heavy atom. The van der Waals surface area contributed by atoms with Gasteiger partial charge in [-0.1, -0.05) is 0 Å². The smallest absolute Gasteiger partial charge is 0.404 e. The van der Waals surface area contributed by atoms with E-state index in [0.717, 1.165) is 6.07 Å². The molecule has 0 fully saturated rings. The number of methoxy groups -OCH3 is 1. The number of anilines is 3. The molecule has 1 atom stereocenters. The number of carboxylic acid groups (broad SMARTS) is 1. The molecule has 3 aromatic rings. The molecule has 178 valence electrons. The van der Waals surface area contributed by atoms with Gasteiger partial charge in [-0.05, 0) is 18.2 Å². The Morgan fingerprint density at radius 1 is 1.32 bits per heavy atom. The second kappa shape index (κ2) is 12.0. The van der Waals surface area contributed by atoms with Gasteiger partial charge in [0.15, 0.2) is 17.5 Å². The summed E-state index contributed by atoms with van der Waals surface area (Å²) in [5, 5.41) is 30.6. The first kappa shape index (κ1) is 24.2. The Hall–Kier alpha value is -4.44. The normalized spacial score (nSPS) is 11.3. The molecule has 4 N–H and O–H groups in total. The lowest BCUT2D eigenvalue weighted by molar-refractivity contribution is 0.144. The van der Waals surface area contributed by atoms with E-state index in [-0.39, 0.29) is 30.3 Å². The monoisotopic (exact) mass is 470 g/mol. The van der Waals surface area contributed by atoms with E-state index < -0.39 is 18.0 Å². The third-order valence-corrected chi connectivity index (χ3v) is 4.44. The van der Waals surface area contributed by atoms with E-state index in [9.17, 15) is 14.4 Å². The Morgan fingerprint density at radius 2 is 2.18 bits per heavy atom. The maximum Gasteiger partial charge on any atom is 0.404 e. The van der Waals surface area contributed by atoms with Crippen LogP contribution in [0.25, 0.3) is 0 Å².